The number of halogens is 1. The maximum absolute atomic E-state index is 12.6. The molecule has 36 heavy (non-hydrogen) atoms. The van der Waals surface area contributed by atoms with Crippen molar-refractivity contribution in [1.82, 2.24) is 14.7 Å². The first kappa shape index (κ1) is 30.3. The number of hydrogen-bond acceptors (Lipinski definition) is 10. The highest BCUT2D eigenvalue weighted by molar-refractivity contribution is 8.25. The van der Waals surface area contributed by atoms with Crippen LogP contribution in [0.25, 0.3) is 0 Å². The van der Waals surface area contributed by atoms with Crippen LogP contribution < -0.4 is 14.8 Å². The van der Waals surface area contributed by atoms with Crippen LogP contribution in [-0.2, 0) is 6.42 Å². The molecule has 7 N–H and O–H groups in total. The summed E-state index contributed by atoms with van der Waals surface area (Å²) in [5.41, 5.74) is 2.31. The van der Waals surface area contributed by atoms with E-state index in [4.69, 9.17) is 9.29 Å². The third-order valence-corrected chi connectivity index (χ3v) is 7.49. The fourth-order valence-electron chi connectivity index (χ4n) is 3.73. The van der Waals surface area contributed by atoms with Crippen LogP contribution in [0.5, 0.6) is 5.75 Å². The molecule has 0 bridgehead atoms. The smallest absolute Gasteiger partial charge is 0.221 e. The fourth-order valence-corrected chi connectivity index (χ4v) is 5.46. The summed E-state index contributed by atoms with van der Waals surface area (Å²) in [6, 6.07) is 12.5. The zero-order valence-corrected chi connectivity index (χ0v) is 22.3. The van der Waals surface area contributed by atoms with Gasteiger partial charge in [0.15, 0.2) is 0 Å². The highest BCUT2D eigenvalue weighted by atomic mass is 32.3. The Morgan fingerprint density at radius 1 is 1.19 bits per heavy atom. The number of ether oxygens (including phenoxy) is 1. The van der Waals surface area contributed by atoms with Gasteiger partial charge in [-0.1, -0.05) is 35.4 Å². The van der Waals surface area contributed by atoms with Crippen LogP contribution in [0.1, 0.15) is 44.3 Å². The summed E-state index contributed by atoms with van der Waals surface area (Å²) in [7, 11) is -3.14. The van der Waals surface area contributed by atoms with E-state index in [1.165, 1.54) is 43.3 Å². The van der Waals surface area contributed by atoms with Crippen LogP contribution in [0, 0.1) is 5.82 Å². The van der Waals surface area contributed by atoms with E-state index in [1.54, 1.807) is 18.4 Å². The summed E-state index contributed by atoms with van der Waals surface area (Å²) in [4.78, 5) is 4.27. The summed E-state index contributed by atoms with van der Waals surface area (Å²) in [5.74, 6) is 0.572. The fraction of sp³-hybridized carbons (Fsp3) is 0.391. The van der Waals surface area contributed by atoms with Crippen molar-refractivity contribution in [2.75, 3.05) is 24.1 Å². The molecular formula is C23H35FN4O5S3. The number of aryl methyl sites for hydroxylation is 1. The van der Waals surface area contributed by atoms with Gasteiger partial charge in [-0.15, -0.1) is 0 Å². The third-order valence-electron chi connectivity index (χ3n) is 5.39. The largest absolute Gasteiger partial charge is 0.493 e. The molecule has 0 spiro atoms. The maximum Gasteiger partial charge on any atom is 0.221 e. The maximum atomic E-state index is 12.6. The van der Waals surface area contributed by atoms with Gasteiger partial charge in [-0.25, -0.2) is 9.37 Å². The quantitative estimate of drug-likeness (QED) is 0.245. The van der Waals surface area contributed by atoms with Crippen molar-refractivity contribution in [3.05, 3.63) is 65.7 Å². The van der Waals surface area contributed by atoms with Gasteiger partial charge >= 0.3 is 0 Å². The molecule has 1 aromatic heterocycles. The SMILES string of the molecule is CSO.Fc1ccc([C@@H]2CCCCN2)cc1.O.OS(O)(Nc1ncns1)c1ccc2c(c1)OCCC2.[HH]. The minimum absolute atomic E-state index is 0. The molecule has 0 radical (unpaired) electrons. The van der Waals surface area contributed by atoms with E-state index < -0.39 is 10.8 Å². The average Bonchev–Trinajstić information content (AvgIpc) is 3.38. The number of piperidine rings is 1. The highest BCUT2D eigenvalue weighted by Crippen LogP contribution is 2.49. The average molecular weight is 563 g/mol. The highest BCUT2D eigenvalue weighted by Gasteiger charge is 2.20. The number of nitrogens with zero attached hydrogens (tertiary/aromatic N) is 2. The number of anilines is 1. The van der Waals surface area contributed by atoms with Crippen LogP contribution >= 0.6 is 34.4 Å². The van der Waals surface area contributed by atoms with Crippen molar-refractivity contribution in [3.63, 3.8) is 0 Å². The van der Waals surface area contributed by atoms with Gasteiger partial charge in [0.05, 0.1) is 11.5 Å². The number of aromatic nitrogens is 2. The summed E-state index contributed by atoms with van der Waals surface area (Å²) >= 11 is 1.82. The summed E-state index contributed by atoms with van der Waals surface area (Å²) in [6.07, 6.45) is 8.61. The molecule has 9 nitrogen and oxygen atoms in total. The van der Waals surface area contributed by atoms with Gasteiger partial charge in [0.2, 0.25) is 5.13 Å². The topological polar surface area (TPSA) is 151 Å². The van der Waals surface area contributed by atoms with Crippen LogP contribution in [0.2, 0.25) is 0 Å². The molecule has 3 aromatic rings. The Morgan fingerprint density at radius 3 is 2.58 bits per heavy atom. The van der Waals surface area contributed by atoms with Crippen LogP contribution in [0.15, 0.2) is 53.7 Å². The Hall–Kier alpha value is -1.97. The van der Waals surface area contributed by atoms with Gasteiger partial charge in [-0.3, -0.25) is 13.8 Å². The van der Waals surface area contributed by atoms with Crippen LogP contribution in [0.4, 0.5) is 9.52 Å². The zero-order valence-electron chi connectivity index (χ0n) is 19.9. The van der Waals surface area contributed by atoms with Crippen LogP contribution in [-0.4, -0.2) is 47.9 Å². The van der Waals surface area contributed by atoms with E-state index in [-0.39, 0.29) is 12.7 Å². The molecule has 1 saturated heterocycles. The van der Waals surface area contributed by atoms with Gasteiger partial charge in [-0.05, 0) is 73.6 Å². The predicted octanol–water partition coefficient (Wildman–Crippen LogP) is 5.88. The zero-order chi connectivity index (χ0) is 25.1. The molecule has 0 amide bonds. The number of hydrogen-bond donors (Lipinski definition) is 5. The van der Waals surface area contributed by atoms with Crippen molar-refractivity contribution >= 4 is 39.5 Å². The van der Waals surface area contributed by atoms with Crippen molar-refractivity contribution in [1.29, 1.82) is 0 Å². The molecule has 13 heteroatoms. The number of nitrogens with one attached hydrogen (secondary N) is 2. The van der Waals surface area contributed by atoms with Gasteiger partial charge in [0.1, 0.15) is 17.9 Å². The Balaban J connectivity index is 0.000000335. The molecule has 0 aliphatic carbocycles. The van der Waals surface area contributed by atoms with E-state index in [2.05, 4.69) is 19.4 Å². The number of rotatable bonds is 4. The van der Waals surface area contributed by atoms with E-state index in [9.17, 15) is 13.5 Å². The van der Waals surface area contributed by atoms with Crippen molar-refractivity contribution in [2.24, 2.45) is 0 Å². The molecule has 202 valence electrons. The lowest BCUT2D eigenvalue weighted by Gasteiger charge is -2.33. The van der Waals surface area contributed by atoms with E-state index >= 15 is 0 Å². The second kappa shape index (κ2) is 15.3. The van der Waals surface area contributed by atoms with Crippen LogP contribution in [0.3, 0.4) is 0 Å². The standard InChI is InChI=1S/C11H14FN.C11H13N3O3S2.CH4OS.H2O.H2/c12-10-6-4-9(5-7-10)11-3-1-2-8-13-11;15-19(16,14-11-12-7-13-18-11)9-4-3-8-2-1-5-17-10(8)6-9;1-3-2;;/h4-7,11,13H,1-3,8H2;3-4,6-7,15-16H,1-2,5H2,(H,12,13,14);2H,1H3;1H2;1H/t11-;;;;/m0..../s1. The molecule has 2 aliphatic rings. The van der Waals surface area contributed by atoms with Crippen molar-refractivity contribution in [3.8, 4) is 5.75 Å². The van der Waals surface area contributed by atoms with E-state index in [1.807, 2.05) is 18.2 Å². The lowest BCUT2D eigenvalue weighted by atomic mass is 9.98. The molecule has 2 aromatic carbocycles. The molecule has 2 aliphatic heterocycles. The van der Waals surface area contributed by atoms with Gasteiger partial charge < -0.3 is 20.1 Å². The molecular weight excluding hydrogens is 527 g/mol. The molecule has 0 saturated carbocycles. The van der Waals surface area contributed by atoms with E-state index in [0.29, 0.717) is 22.7 Å². The Bertz CT molecular complexity index is 1030. The second-order valence-corrected chi connectivity index (χ2v) is 10.8. The summed E-state index contributed by atoms with van der Waals surface area (Å²) < 4.78 is 52.4. The predicted molar refractivity (Wildman–Crippen MR) is 148 cm³/mol. The number of benzene rings is 2. The molecule has 1 atom stereocenters. The van der Waals surface area contributed by atoms with Gasteiger partial charge in [-0.2, -0.15) is 4.37 Å². The first-order valence-corrected chi connectivity index (χ1v) is 14.7. The minimum atomic E-state index is -3.14. The number of fused-ring (bicyclic) bond motifs is 1. The minimum Gasteiger partial charge on any atom is -0.493 e. The summed E-state index contributed by atoms with van der Waals surface area (Å²) in [6.45, 7) is 1.75. The molecule has 0 unspecified atom stereocenters. The first-order chi connectivity index (χ1) is 16.9. The monoisotopic (exact) mass is 562 g/mol. The Labute approximate surface area is 222 Å². The summed E-state index contributed by atoms with van der Waals surface area (Å²) in [5, 5.41) is 3.81. The third kappa shape index (κ3) is 9.16. The lowest BCUT2D eigenvalue weighted by molar-refractivity contribution is 0.287. The first-order valence-electron chi connectivity index (χ1n) is 11.2. The second-order valence-electron chi connectivity index (χ2n) is 7.86. The van der Waals surface area contributed by atoms with E-state index in [0.717, 1.165) is 54.3 Å². The Kier molecular flexibility index (Phi) is 12.9. The van der Waals surface area contributed by atoms with Crippen molar-refractivity contribution in [2.45, 2.75) is 43.0 Å². The van der Waals surface area contributed by atoms with Gasteiger partial charge in [0.25, 0.3) is 0 Å². The lowest BCUT2D eigenvalue weighted by Crippen LogP contribution is -2.26. The molecule has 5 rings (SSSR count). The molecule has 1 fully saturated rings. The molecule has 3 heterocycles. The van der Waals surface area contributed by atoms with Crippen molar-refractivity contribution < 1.29 is 29.7 Å². The van der Waals surface area contributed by atoms with Gasteiger partial charge in [0, 0.05) is 31.3 Å². The normalized spacial score (nSPS) is 17.0. The Morgan fingerprint density at radius 2 is 1.94 bits per heavy atom.